The van der Waals surface area contributed by atoms with Gasteiger partial charge in [0.1, 0.15) is 22.5 Å². The summed E-state index contributed by atoms with van der Waals surface area (Å²) in [5.74, 6) is 0.609. The average Bonchev–Trinajstić information content (AvgIpc) is 3.29. The molecule has 1 N–H and O–H groups in total. The summed E-state index contributed by atoms with van der Waals surface area (Å²) in [5, 5.41) is 19.0. The number of hydrogen-bond acceptors (Lipinski definition) is 7. The number of esters is 1. The van der Waals surface area contributed by atoms with Gasteiger partial charge >= 0.3 is 5.97 Å². The third-order valence-corrected chi connectivity index (χ3v) is 3.95. The van der Waals surface area contributed by atoms with E-state index in [0.29, 0.717) is 34.8 Å². The Kier molecular flexibility index (Phi) is 4.37. The maximum absolute atomic E-state index is 11.6. The normalized spacial score (nSPS) is 12.8. The summed E-state index contributed by atoms with van der Waals surface area (Å²) in [7, 11) is 0. The molecule has 8 nitrogen and oxygen atoms in total. The van der Waals surface area contributed by atoms with Gasteiger partial charge < -0.3 is 19.3 Å². The lowest BCUT2D eigenvalue weighted by molar-refractivity contribution is -0.137. The van der Waals surface area contributed by atoms with Crippen LogP contribution in [-0.2, 0) is 9.53 Å². The minimum atomic E-state index is -0.383. The molecule has 2 aromatic carbocycles. The molecule has 2 heterocycles. The van der Waals surface area contributed by atoms with Crippen LogP contribution in [0.25, 0.3) is 22.8 Å². The van der Waals surface area contributed by atoms with Crippen molar-refractivity contribution in [2.75, 3.05) is 13.4 Å². The van der Waals surface area contributed by atoms with Crippen molar-refractivity contribution in [2.45, 2.75) is 13.3 Å². The molecule has 1 aliphatic heterocycles. The summed E-state index contributed by atoms with van der Waals surface area (Å²) in [5.41, 5.74) is 2.45. The van der Waals surface area contributed by atoms with Crippen LogP contribution in [0.5, 0.6) is 17.2 Å². The summed E-state index contributed by atoms with van der Waals surface area (Å²) < 4.78 is 15.6. The molecule has 0 radical (unpaired) electrons. The number of ether oxygens (including phenoxy) is 3. The number of benzene rings is 2. The SMILES string of the molecule is CCCOC(=O)C=Cc1ccc2nn(-c3cc4c(cc3O)OCO4)nc2c1. The maximum Gasteiger partial charge on any atom is 0.330 e. The van der Waals surface area contributed by atoms with Crippen LogP contribution in [0.4, 0.5) is 0 Å². The van der Waals surface area contributed by atoms with Gasteiger partial charge in [0.25, 0.3) is 0 Å². The van der Waals surface area contributed by atoms with Gasteiger partial charge in [-0.1, -0.05) is 13.0 Å². The van der Waals surface area contributed by atoms with E-state index in [1.807, 2.05) is 13.0 Å². The minimum Gasteiger partial charge on any atom is -0.505 e. The third kappa shape index (κ3) is 3.41. The zero-order valence-electron chi connectivity index (χ0n) is 14.6. The molecule has 0 aliphatic carbocycles. The van der Waals surface area contributed by atoms with E-state index < -0.39 is 0 Å². The van der Waals surface area contributed by atoms with Gasteiger partial charge in [-0.25, -0.2) is 4.79 Å². The van der Waals surface area contributed by atoms with E-state index in [1.54, 1.807) is 24.3 Å². The number of rotatable bonds is 5. The van der Waals surface area contributed by atoms with Gasteiger partial charge in [-0.3, -0.25) is 0 Å². The van der Waals surface area contributed by atoms with Crippen LogP contribution in [0, 0.1) is 0 Å². The highest BCUT2D eigenvalue weighted by atomic mass is 16.7. The molecule has 0 saturated carbocycles. The van der Waals surface area contributed by atoms with Crippen molar-refractivity contribution in [3.63, 3.8) is 0 Å². The van der Waals surface area contributed by atoms with Crippen LogP contribution in [-0.4, -0.2) is 39.5 Å². The standard InChI is InChI=1S/C19H17N3O5/c1-2-7-25-19(24)6-4-12-3-5-13-14(8-12)21-22(20-13)15-9-17-18(10-16(15)23)27-11-26-17/h3-6,8-10,23H,2,7,11H2,1H3. The lowest BCUT2D eigenvalue weighted by Crippen LogP contribution is -2.00. The van der Waals surface area contributed by atoms with E-state index in [4.69, 9.17) is 14.2 Å². The third-order valence-electron chi connectivity index (χ3n) is 3.95. The van der Waals surface area contributed by atoms with Crippen molar-refractivity contribution in [2.24, 2.45) is 0 Å². The van der Waals surface area contributed by atoms with E-state index in [9.17, 15) is 9.90 Å². The molecule has 3 aromatic rings. The fourth-order valence-corrected chi connectivity index (χ4v) is 2.64. The van der Waals surface area contributed by atoms with E-state index in [2.05, 4.69) is 10.2 Å². The largest absolute Gasteiger partial charge is 0.505 e. The van der Waals surface area contributed by atoms with Crippen LogP contribution in [0.1, 0.15) is 18.9 Å². The number of phenols is 1. The van der Waals surface area contributed by atoms with Crippen molar-refractivity contribution >= 4 is 23.1 Å². The highest BCUT2D eigenvalue weighted by Gasteiger charge is 2.19. The van der Waals surface area contributed by atoms with Gasteiger partial charge in [0, 0.05) is 18.2 Å². The van der Waals surface area contributed by atoms with Gasteiger partial charge in [0.15, 0.2) is 11.5 Å². The summed E-state index contributed by atoms with van der Waals surface area (Å²) >= 11 is 0. The maximum atomic E-state index is 11.6. The Morgan fingerprint density at radius 1 is 1.22 bits per heavy atom. The van der Waals surface area contributed by atoms with Crippen LogP contribution >= 0.6 is 0 Å². The predicted molar refractivity (Wildman–Crippen MR) is 96.9 cm³/mol. The Hall–Kier alpha value is -3.55. The monoisotopic (exact) mass is 367 g/mol. The Morgan fingerprint density at radius 3 is 2.81 bits per heavy atom. The first-order valence-electron chi connectivity index (χ1n) is 8.49. The molecular formula is C19H17N3O5. The first kappa shape index (κ1) is 16.9. The molecule has 0 amide bonds. The molecular weight excluding hydrogens is 350 g/mol. The summed E-state index contributed by atoms with van der Waals surface area (Å²) in [6.45, 7) is 2.45. The molecule has 27 heavy (non-hydrogen) atoms. The smallest absolute Gasteiger partial charge is 0.330 e. The molecule has 0 unspecified atom stereocenters. The van der Waals surface area contributed by atoms with Crippen LogP contribution in [0.3, 0.4) is 0 Å². The average molecular weight is 367 g/mol. The second-order valence-electron chi connectivity index (χ2n) is 5.93. The number of hydrogen-bond donors (Lipinski definition) is 1. The zero-order chi connectivity index (χ0) is 18.8. The fourth-order valence-electron chi connectivity index (χ4n) is 2.64. The second kappa shape index (κ2) is 6.99. The summed E-state index contributed by atoms with van der Waals surface area (Å²) in [6.07, 6.45) is 3.82. The van der Waals surface area contributed by atoms with Crippen LogP contribution in [0.15, 0.2) is 36.4 Å². The number of carbonyl (C=O) groups is 1. The number of carbonyl (C=O) groups excluding carboxylic acids is 1. The first-order chi connectivity index (χ1) is 13.1. The second-order valence-corrected chi connectivity index (χ2v) is 5.93. The molecule has 1 aliphatic rings. The minimum absolute atomic E-state index is 0.0154. The quantitative estimate of drug-likeness (QED) is 0.547. The lowest BCUT2D eigenvalue weighted by atomic mass is 10.2. The Balaban J connectivity index is 1.62. The van der Waals surface area contributed by atoms with Gasteiger partial charge in [-0.15, -0.1) is 15.0 Å². The van der Waals surface area contributed by atoms with Gasteiger partial charge in [-0.05, 0) is 30.2 Å². The molecule has 0 fully saturated rings. The van der Waals surface area contributed by atoms with Crippen LogP contribution in [0.2, 0.25) is 0 Å². The molecule has 0 saturated heterocycles. The topological polar surface area (TPSA) is 95.7 Å². The Labute approximate surface area is 154 Å². The lowest BCUT2D eigenvalue weighted by Gasteiger charge is -2.04. The van der Waals surface area contributed by atoms with Crippen molar-refractivity contribution in [3.05, 3.63) is 42.0 Å². The van der Waals surface area contributed by atoms with Gasteiger partial charge in [0.05, 0.1) is 6.61 Å². The van der Waals surface area contributed by atoms with Crippen molar-refractivity contribution in [1.82, 2.24) is 15.0 Å². The number of phenolic OH excluding ortho intramolecular Hbond substituents is 1. The highest BCUT2D eigenvalue weighted by Crippen LogP contribution is 2.38. The van der Waals surface area contributed by atoms with Crippen LogP contribution < -0.4 is 9.47 Å². The van der Waals surface area contributed by atoms with Crippen molar-refractivity contribution in [3.8, 4) is 22.9 Å². The number of aromatic hydroxyl groups is 1. The molecule has 0 atom stereocenters. The van der Waals surface area contributed by atoms with E-state index in [1.165, 1.54) is 16.9 Å². The molecule has 138 valence electrons. The summed E-state index contributed by atoms with van der Waals surface area (Å²) in [4.78, 5) is 12.9. The van der Waals surface area contributed by atoms with E-state index in [-0.39, 0.29) is 18.5 Å². The summed E-state index contributed by atoms with van der Waals surface area (Å²) in [6, 6.07) is 8.51. The molecule has 8 heteroatoms. The first-order valence-corrected chi connectivity index (χ1v) is 8.49. The predicted octanol–water partition coefficient (Wildman–Crippen LogP) is 2.82. The number of aromatic nitrogens is 3. The van der Waals surface area contributed by atoms with Crippen molar-refractivity contribution in [1.29, 1.82) is 0 Å². The highest BCUT2D eigenvalue weighted by molar-refractivity contribution is 5.88. The molecule has 4 rings (SSSR count). The molecule has 1 aromatic heterocycles. The fraction of sp³-hybridized carbons (Fsp3) is 0.211. The zero-order valence-corrected chi connectivity index (χ0v) is 14.6. The van der Waals surface area contributed by atoms with Gasteiger partial charge in [-0.2, -0.15) is 0 Å². The molecule has 0 bridgehead atoms. The number of nitrogens with zero attached hydrogens (tertiary/aromatic N) is 3. The Morgan fingerprint density at radius 2 is 2.00 bits per heavy atom. The number of fused-ring (bicyclic) bond motifs is 2. The molecule has 0 spiro atoms. The van der Waals surface area contributed by atoms with E-state index in [0.717, 1.165) is 12.0 Å². The Bertz CT molecular complexity index is 1040. The van der Waals surface area contributed by atoms with Gasteiger partial charge in [0.2, 0.25) is 6.79 Å². The van der Waals surface area contributed by atoms with Crippen molar-refractivity contribution < 1.29 is 24.1 Å². The van der Waals surface area contributed by atoms with E-state index >= 15 is 0 Å².